The molecule has 1 aromatic rings. The molecule has 0 atom stereocenters. The van der Waals surface area contributed by atoms with Crippen molar-refractivity contribution in [3.63, 3.8) is 0 Å². The van der Waals surface area contributed by atoms with Gasteiger partial charge in [-0.2, -0.15) is 0 Å². The number of anilines is 1. The Kier molecular flexibility index (Phi) is 6.05. The van der Waals surface area contributed by atoms with Crippen molar-refractivity contribution in [2.75, 3.05) is 25.5 Å². The molecule has 7 heteroatoms. The highest BCUT2D eigenvalue weighted by molar-refractivity contribution is 5.92. The average Bonchev–Trinajstić information content (AvgIpc) is 2.25. The van der Waals surface area contributed by atoms with Crippen LogP contribution in [0, 0.1) is 11.6 Å². The number of nitrogens with zero attached hydrogens (tertiary/aromatic N) is 1. The number of amides is 1. The minimum atomic E-state index is -0.891. The van der Waals surface area contributed by atoms with Gasteiger partial charge < -0.3 is 10.4 Å². The molecule has 0 aliphatic carbocycles. The molecular weight excluding hydrogens is 270 g/mol. The Balaban J connectivity index is 2.40. The van der Waals surface area contributed by atoms with Gasteiger partial charge in [0.1, 0.15) is 11.6 Å². The van der Waals surface area contributed by atoms with Crippen LogP contribution in [0.2, 0.25) is 0 Å². The van der Waals surface area contributed by atoms with E-state index in [0.717, 1.165) is 12.1 Å². The van der Waals surface area contributed by atoms with Crippen molar-refractivity contribution < 1.29 is 23.5 Å². The molecule has 0 spiro atoms. The van der Waals surface area contributed by atoms with E-state index in [-0.39, 0.29) is 18.7 Å². The molecule has 0 aromatic heterocycles. The van der Waals surface area contributed by atoms with Gasteiger partial charge >= 0.3 is 5.97 Å². The van der Waals surface area contributed by atoms with Crippen LogP contribution in [0.4, 0.5) is 14.5 Å². The number of carboxylic acid groups (broad SMARTS) is 1. The molecule has 1 aromatic carbocycles. The largest absolute Gasteiger partial charge is 0.481 e. The molecule has 0 bridgehead atoms. The molecule has 20 heavy (non-hydrogen) atoms. The van der Waals surface area contributed by atoms with E-state index in [1.54, 1.807) is 11.9 Å². The van der Waals surface area contributed by atoms with Gasteiger partial charge in [0.05, 0.1) is 6.54 Å². The molecule has 0 saturated heterocycles. The molecule has 1 rings (SSSR count). The summed E-state index contributed by atoms with van der Waals surface area (Å²) >= 11 is 0. The Morgan fingerprint density at radius 3 is 2.40 bits per heavy atom. The number of aliphatic carboxylic acids is 1. The quantitative estimate of drug-likeness (QED) is 0.800. The maximum Gasteiger partial charge on any atom is 0.303 e. The fourth-order valence-corrected chi connectivity index (χ4v) is 1.65. The molecule has 5 nitrogen and oxygen atoms in total. The lowest BCUT2D eigenvalue weighted by Gasteiger charge is -2.15. The van der Waals surface area contributed by atoms with Crippen molar-refractivity contribution in [1.29, 1.82) is 0 Å². The SMILES string of the molecule is CN(CCCC(=O)O)CC(=O)Nc1cc(F)cc(F)c1. The van der Waals surface area contributed by atoms with Crippen molar-refractivity contribution >= 4 is 17.6 Å². The highest BCUT2D eigenvalue weighted by Gasteiger charge is 2.09. The topological polar surface area (TPSA) is 69.6 Å². The van der Waals surface area contributed by atoms with Gasteiger partial charge in [-0.1, -0.05) is 0 Å². The Labute approximate surface area is 115 Å². The first kappa shape index (κ1) is 16.0. The third-order valence-electron chi connectivity index (χ3n) is 2.49. The summed E-state index contributed by atoms with van der Waals surface area (Å²) in [5.74, 6) is -2.85. The van der Waals surface area contributed by atoms with E-state index in [9.17, 15) is 18.4 Å². The molecule has 1 amide bonds. The molecule has 0 aliphatic heterocycles. The fourth-order valence-electron chi connectivity index (χ4n) is 1.65. The van der Waals surface area contributed by atoms with Gasteiger partial charge in [0.2, 0.25) is 5.91 Å². The number of rotatable bonds is 7. The van der Waals surface area contributed by atoms with E-state index in [0.29, 0.717) is 19.0 Å². The Morgan fingerprint density at radius 2 is 1.85 bits per heavy atom. The Morgan fingerprint density at radius 1 is 1.25 bits per heavy atom. The van der Waals surface area contributed by atoms with Crippen LogP contribution in [0.15, 0.2) is 18.2 Å². The van der Waals surface area contributed by atoms with Crippen LogP contribution in [0.1, 0.15) is 12.8 Å². The summed E-state index contributed by atoms with van der Waals surface area (Å²) in [4.78, 5) is 23.6. The summed E-state index contributed by atoms with van der Waals surface area (Å²) in [6, 6.07) is 2.75. The van der Waals surface area contributed by atoms with Crippen molar-refractivity contribution in [3.05, 3.63) is 29.8 Å². The lowest BCUT2D eigenvalue weighted by molar-refractivity contribution is -0.137. The van der Waals surface area contributed by atoms with E-state index >= 15 is 0 Å². The second-order valence-corrected chi connectivity index (χ2v) is 4.44. The molecule has 0 heterocycles. The van der Waals surface area contributed by atoms with Crippen LogP contribution in [-0.2, 0) is 9.59 Å². The van der Waals surface area contributed by atoms with E-state index in [1.807, 2.05) is 0 Å². The van der Waals surface area contributed by atoms with Gasteiger partial charge in [0, 0.05) is 18.2 Å². The normalized spacial score (nSPS) is 10.6. The number of halogens is 2. The third kappa shape index (κ3) is 6.24. The summed E-state index contributed by atoms with van der Waals surface area (Å²) in [5.41, 5.74) is 0.0476. The zero-order valence-electron chi connectivity index (χ0n) is 11.0. The van der Waals surface area contributed by atoms with Crippen LogP contribution in [0.5, 0.6) is 0 Å². The number of carbonyl (C=O) groups excluding carboxylic acids is 1. The fraction of sp³-hybridized carbons (Fsp3) is 0.385. The minimum absolute atomic E-state index is 0.0117. The smallest absolute Gasteiger partial charge is 0.303 e. The Hall–Kier alpha value is -2.02. The van der Waals surface area contributed by atoms with Gasteiger partial charge in [0.15, 0.2) is 0 Å². The van der Waals surface area contributed by atoms with E-state index in [4.69, 9.17) is 5.11 Å². The maximum absolute atomic E-state index is 12.9. The first-order valence-electron chi connectivity index (χ1n) is 6.03. The zero-order chi connectivity index (χ0) is 15.1. The van der Waals surface area contributed by atoms with Gasteiger partial charge in [-0.15, -0.1) is 0 Å². The van der Waals surface area contributed by atoms with Crippen molar-refractivity contribution in [2.45, 2.75) is 12.8 Å². The molecule has 0 fully saturated rings. The van der Waals surface area contributed by atoms with Gasteiger partial charge in [-0.3, -0.25) is 14.5 Å². The number of carboxylic acids is 1. The van der Waals surface area contributed by atoms with Crippen LogP contribution < -0.4 is 5.32 Å². The summed E-state index contributed by atoms with van der Waals surface area (Å²) in [5, 5.41) is 10.9. The molecule has 110 valence electrons. The minimum Gasteiger partial charge on any atom is -0.481 e. The molecule has 0 radical (unpaired) electrons. The number of hydrogen-bond acceptors (Lipinski definition) is 3. The number of likely N-dealkylation sites (N-methyl/N-ethyl adjacent to an activating group) is 1. The van der Waals surface area contributed by atoms with Gasteiger partial charge in [-0.25, -0.2) is 8.78 Å². The van der Waals surface area contributed by atoms with Crippen LogP contribution >= 0.6 is 0 Å². The van der Waals surface area contributed by atoms with E-state index in [1.165, 1.54) is 0 Å². The lowest BCUT2D eigenvalue weighted by Crippen LogP contribution is -2.31. The number of nitrogens with one attached hydrogen (secondary N) is 1. The van der Waals surface area contributed by atoms with E-state index < -0.39 is 23.5 Å². The molecule has 2 N–H and O–H groups in total. The number of hydrogen-bond donors (Lipinski definition) is 2. The number of carbonyl (C=O) groups is 2. The zero-order valence-corrected chi connectivity index (χ0v) is 11.0. The first-order valence-corrected chi connectivity index (χ1v) is 6.03. The summed E-state index contributed by atoms with van der Waals surface area (Å²) in [6.07, 6.45) is 0.453. The predicted octanol–water partition coefficient (Wildman–Crippen LogP) is 1.70. The highest BCUT2D eigenvalue weighted by atomic mass is 19.1. The predicted molar refractivity (Wildman–Crippen MR) is 69.4 cm³/mol. The number of benzene rings is 1. The maximum atomic E-state index is 12.9. The third-order valence-corrected chi connectivity index (χ3v) is 2.49. The van der Waals surface area contributed by atoms with Gasteiger partial charge in [0.25, 0.3) is 0 Å². The summed E-state index contributed by atoms with van der Waals surface area (Å²) in [6.45, 7) is 0.453. The molecule has 0 unspecified atom stereocenters. The van der Waals surface area contributed by atoms with Crippen molar-refractivity contribution in [3.8, 4) is 0 Å². The van der Waals surface area contributed by atoms with Crippen molar-refractivity contribution in [2.24, 2.45) is 0 Å². The monoisotopic (exact) mass is 286 g/mol. The van der Waals surface area contributed by atoms with Crippen LogP contribution in [-0.4, -0.2) is 42.0 Å². The second-order valence-electron chi connectivity index (χ2n) is 4.44. The van der Waals surface area contributed by atoms with Gasteiger partial charge in [-0.05, 0) is 32.1 Å². The molecular formula is C13H16F2N2O3. The van der Waals surface area contributed by atoms with Crippen molar-refractivity contribution in [1.82, 2.24) is 4.90 Å². The summed E-state index contributed by atoms with van der Waals surface area (Å²) in [7, 11) is 1.66. The Bertz CT molecular complexity index is 474. The molecule has 0 aliphatic rings. The average molecular weight is 286 g/mol. The lowest BCUT2D eigenvalue weighted by atomic mass is 10.3. The first-order chi connectivity index (χ1) is 9.36. The second kappa shape index (κ2) is 7.54. The van der Waals surface area contributed by atoms with E-state index in [2.05, 4.69) is 5.32 Å². The highest BCUT2D eigenvalue weighted by Crippen LogP contribution is 2.12. The summed E-state index contributed by atoms with van der Waals surface area (Å²) < 4.78 is 25.9. The molecule has 0 saturated carbocycles. The van der Waals surface area contributed by atoms with Crippen LogP contribution in [0.3, 0.4) is 0 Å². The van der Waals surface area contributed by atoms with Crippen LogP contribution in [0.25, 0.3) is 0 Å². The standard InChI is InChI=1S/C13H16F2N2O3/c1-17(4-2-3-13(19)20)8-12(18)16-11-6-9(14)5-10(15)7-11/h5-7H,2-4,8H2,1H3,(H,16,18)(H,19,20).